The van der Waals surface area contributed by atoms with E-state index in [2.05, 4.69) is 31.2 Å². The monoisotopic (exact) mass is 301 g/mol. The molecule has 0 spiro atoms. The third-order valence-electron chi connectivity index (χ3n) is 3.31. The molecule has 3 nitrogen and oxygen atoms in total. The minimum atomic E-state index is -1.27. The van der Waals surface area contributed by atoms with Crippen LogP contribution in [-0.2, 0) is 27.8 Å². The van der Waals surface area contributed by atoms with Gasteiger partial charge in [-0.2, -0.15) is 0 Å². The zero-order valence-electron chi connectivity index (χ0n) is 12.0. The summed E-state index contributed by atoms with van der Waals surface area (Å²) in [5.74, 6) is -0.282. The number of benzene rings is 2. The molecule has 0 aliphatic carbocycles. The highest BCUT2D eigenvalue weighted by Crippen LogP contribution is 2.25. The predicted octanol–water partition coefficient (Wildman–Crippen LogP) is 2.65. The quantitative estimate of drug-likeness (QED) is 0.891. The maximum Gasteiger partial charge on any atom is 0.230 e. The Hall–Kier alpha value is -1.94. The van der Waals surface area contributed by atoms with Gasteiger partial charge in [-0.25, -0.2) is 0 Å². The van der Waals surface area contributed by atoms with Crippen molar-refractivity contribution < 1.29 is 9.00 Å². The lowest BCUT2D eigenvalue weighted by molar-refractivity contribution is -0.115. The van der Waals surface area contributed by atoms with Gasteiger partial charge in [-0.3, -0.25) is 9.00 Å². The van der Waals surface area contributed by atoms with Gasteiger partial charge in [0.25, 0.3) is 0 Å². The Morgan fingerprint density at radius 1 is 1.10 bits per heavy atom. The van der Waals surface area contributed by atoms with Gasteiger partial charge >= 0.3 is 0 Å². The fourth-order valence-corrected chi connectivity index (χ4v) is 3.25. The van der Waals surface area contributed by atoms with Crippen LogP contribution in [0.5, 0.6) is 0 Å². The molecule has 0 unspecified atom stereocenters. The molecule has 0 fully saturated rings. The summed E-state index contributed by atoms with van der Waals surface area (Å²) in [4.78, 5) is 10.9. The molecular formula is C17H19NO2S. The van der Waals surface area contributed by atoms with E-state index in [0.717, 1.165) is 23.1 Å². The van der Waals surface area contributed by atoms with Gasteiger partial charge in [0.1, 0.15) is 5.75 Å². The Labute approximate surface area is 127 Å². The summed E-state index contributed by atoms with van der Waals surface area (Å²) in [6.07, 6.45) is 1.00. The SMILES string of the molecule is CCc1ccc(-c2ccccc2C[S@](=O)CC(N)=O)cc1. The van der Waals surface area contributed by atoms with Crippen LogP contribution in [0.15, 0.2) is 48.5 Å². The van der Waals surface area contributed by atoms with Gasteiger partial charge in [-0.05, 0) is 28.7 Å². The van der Waals surface area contributed by atoms with Crippen molar-refractivity contribution in [3.8, 4) is 11.1 Å². The van der Waals surface area contributed by atoms with E-state index in [-0.39, 0.29) is 5.75 Å². The number of hydrogen-bond donors (Lipinski definition) is 1. The number of primary amides is 1. The summed E-state index contributed by atoms with van der Waals surface area (Å²) in [7, 11) is -1.27. The topological polar surface area (TPSA) is 60.2 Å². The van der Waals surface area contributed by atoms with Crippen molar-refractivity contribution in [2.75, 3.05) is 5.75 Å². The first kappa shape index (κ1) is 15.4. The fourth-order valence-electron chi connectivity index (χ4n) is 2.23. The van der Waals surface area contributed by atoms with E-state index in [1.54, 1.807) is 0 Å². The third-order valence-corrected chi connectivity index (χ3v) is 4.55. The number of carbonyl (C=O) groups is 1. The second-order valence-electron chi connectivity index (χ2n) is 4.90. The maximum atomic E-state index is 11.9. The Bertz CT molecular complexity index is 650. The van der Waals surface area contributed by atoms with Crippen molar-refractivity contribution in [2.45, 2.75) is 19.1 Å². The number of hydrogen-bond acceptors (Lipinski definition) is 2. The summed E-state index contributed by atoms with van der Waals surface area (Å²) >= 11 is 0. The Balaban J connectivity index is 2.27. The van der Waals surface area contributed by atoms with Crippen molar-refractivity contribution in [1.29, 1.82) is 0 Å². The van der Waals surface area contributed by atoms with E-state index in [4.69, 9.17) is 5.73 Å². The molecule has 0 saturated carbocycles. The Morgan fingerprint density at radius 3 is 2.38 bits per heavy atom. The molecule has 0 saturated heterocycles. The van der Waals surface area contributed by atoms with E-state index in [0.29, 0.717) is 5.75 Å². The van der Waals surface area contributed by atoms with Crippen molar-refractivity contribution in [3.63, 3.8) is 0 Å². The first-order valence-corrected chi connectivity index (χ1v) is 8.39. The zero-order chi connectivity index (χ0) is 15.2. The third kappa shape index (κ3) is 4.26. The molecule has 0 radical (unpaired) electrons. The van der Waals surface area contributed by atoms with Crippen LogP contribution in [0.2, 0.25) is 0 Å². The maximum absolute atomic E-state index is 11.9. The first-order valence-electron chi connectivity index (χ1n) is 6.90. The molecule has 0 aromatic heterocycles. The molecule has 1 amide bonds. The van der Waals surface area contributed by atoms with Gasteiger partial charge in [0.15, 0.2) is 0 Å². The standard InChI is InChI=1S/C17H19NO2S/c1-2-13-7-9-14(10-8-13)16-6-4-3-5-15(16)11-21(20)12-17(18)19/h3-10H,2,11-12H2,1H3,(H2,18,19)/t21-/m0/s1. The number of aryl methyl sites for hydroxylation is 1. The lowest BCUT2D eigenvalue weighted by atomic mass is 9.99. The number of amides is 1. The normalized spacial score (nSPS) is 12.0. The lowest BCUT2D eigenvalue weighted by Gasteiger charge is -2.10. The van der Waals surface area contributed by atoms with E-state index >= 15 is 0 Å². The summed E-state index contributed by atoms with van der Waals surface area (Å²) in [6.45, 7) is 2.12. The molecule has 2 rings (SSSR count). The van der Waals surface area contributed by atoms with Crippen LogP contribution in [-0.4, -0.2) is 15.9 Å². The molecule has 0 aliphatic rings. The summed E-state index contributed by atoms with van der Waals surface area (Å²) in [5.41, 5.74) is 9.51. The molecule has 0 heterocycles. The van der Waals surface area contributed by atoms with Crippen LogP contribution in [0, 0.1) is 0 Å². The molecule has 4 heteroatoms. The second-order valence-corrected chi connectivity index (χ2v) is 6.36. The molecule has 21 heavy (non-hydrogen) atoms. The number of nitrogens with two attached hydrogens (primary N) is 1. The fraction of sp³-hybridized carbons (Fsp3) is 0.235. The predicted molar refractivity (Wildman–Crippen MR) is 87.2 cm³/mol. The van der Waals surface area contributed by atoms with Gasteiger partial charge < -0.3 is 5.73 Å². The highest BCUT2D eigenvalue weighted by molar-refractivity contribution is 7.84. The minimum absolute atomic E-state index is 0.0941. The molecular weight excluding hydrogens is 282 g/mol. The van der Waals surface area contributed by atoms with Crippen LogP contribution in [0.25, 0.3) is 11.1 Å². The highest BCUT2D eigenvalue weighted by Gasteiger charge is 2.10. The van der Waals surface area contributed by atoms with Crippen LogP contribution >= 0.6 is 0 Å². The average Bonchev–Trinajstić information content (AvgIpc) is 2.47. The van der Waals surface area contributed by atoms with E-state index in [1.807, 2.05) is 24.3 Å². The lowest BCUT2D eigenvalue weighted by Crippen LogP contribution is -2.20. The van der Waals surface area contributed by atoms with Crippen LogP contribution < -0.4 is 5.73 Å². The average molecular weight is 301 g/mol. The molecule has 2 aromatic rings. The Kier molecular flexibility index (Phi) is 5.28. The van der Waals surface area contributed by atoms with Crippen molar-refractivity contribution in [1.82, 2.24) is 0 Å². The van der Waals surface area contributed by atoms with Gasteiger partial charge in [0.2, 0.25) is 5.91 Å². The summed E-state index contributed by atoms with van der Waals surface area (Å²) in [6, 6.07) is 16.2. The second kappa shape index (κ2) is 7.18. The van der Waals surface area contributed by atoms with Crippen molar-refractivity contribution >= 4 is 16.7 Å². The van der Waals surface area contributed by atoms with E-state index < -0.39 is 16.7 Å². The minimum Gasteiger partial charge on any atom is -0.369 e. The zero-order valence-corrected chi connectivity index (χ0v) is 12.9. The van der Waals surface area contributed by atoms with Crippen molar-refractivity contribution in [3.05, 3.63) is 59.7 Å². The van der Waals surface area contributed by atoms with Crippen molar-refractivity contribution in [2.24, 2.45) is 5.73 Å². The van der Waals surface area contributed by atoms with Crippen LogP contribution in [0.3, 0.4) is 0 Å². The van der Waals surface area contributed by atoms with Gasteiger partial charge in [-0.15, -0.1) is 0 Å². The van der Waals surface area contributed by atoms with E-state index in [1.165, 1.54) is 5.56 Å². The molecule has 1 atom stereocenters. The van der Waals surface area contributed by atoms with E-state index in [9.17, 15) is 9.00 Å². The number of rotatable bonds is 6. The molecule has 110 valence electrons. The van der Waals surface area contributed by atoms with Gasteiger partial charge in [-0.1, -0.05) is 55.5 Å². The Morgan fingerprint density at radius 2 is 1.76 bits per heavy atom. The van der Waals surface area contributed by atoms with Gasteiger partial charge in [0, 0.05) is 16.6 Å². The number of carbonyl (C=O) groups excluding carboxylic acids is 1. The summed E-state index contributed by atoms with van der Waals surface area (Å²) < 4.78 is 11.9. The molecule has 2 aromatic carbocycles. The smallest absolute Gasteiger partial charge is 0.230 e. The first-order chi connectivity index (χ1) is 10.1. The molecule has 0 bridgehead atoms. The molecule has 0 aliphatic heterocycles. The molecule has 2 N–H and O–H groups in total. The van der Waals surface area contributed by atoms with Crippen LogP contribution in [0.1, 0.15) is 18.1 Å². The summed E-state index contributed by atoms with van der Waals surface area (Å²) in [5, 5.41) is 0. The van der Waals surface area contributed by atoms with Gasteiger partial charge in [0.05, 0.1) is 0 Å². The largest absolute Gasteiger partial charge is 0.369 e. The van der Waals surface area contributed by atoms with Crippen LogP contribution in [0.4, 0.5) is 0 Å². The highest BCUT2D eigenvalue weighted by atomic mass is 32.2.